The number of nitrogens with one attached hydrogen (secondary N) is 3. The summed E-state index contributed by atoms with van der Waals surface area (Å²) in [4.78, 5) is 24.6. The predicted molar refractivity (Wildman–Crippen MR) is 114 cm³/mol. The van der Waals surface area contributed by atoms with E-state index in [0.717, 1.165) is 49.7 Å². The molecule has 4 rings (SSSR count). The van der Waals surface area contributed by atoms with Crippen molar-refractivity contribution in [2.75, 3.05) is 10.6 Å². The third-order valence-corrected chi connectivity index (χ3v) is 6.54. The van der Waals surface area contributed by atoms with Crippen LogP contribution in [0, 0.1) is 15.0 Å². The van der Waals surface area contributed by atoms with Crippen LogP contribution >= 0.6 is 0 Å². The lowest BCUT2D eigenvalue weighted by Crippen LogP contribution is -2.60. The Hall–Kier alpha value is -2.22. The van der Waals surface area contributed by atoms with Crippen LogP contribution in [-0.4, -0.2) is 32.5 Å². The highest BCUT2D eigenvalue weighted by Gasteiger charge is 2.56. The molecule has 1 aromatic rings. The van der Waals surface area contributed by atoms with Crippen LogP contribution in [0.4, 0.5) is 22.7 Å². The van der Waals surface area contributed by atoms with Crippen molar-refractivity contribution < 1.29 is 9.68 Å². The Balaban J connectivity index is 1.72. The highest BCUT2D eigenvalue weighted by molar-refractivity contribution is 5.88. The number of fused-ring (bicyclic) bond motifs is 1. The Morgan fingerprint density at radius 2 is 1.72 bits per heavy atom. The van der Waals surface area contributed by atoms with Crippen molar-refractivity contribution in [1.29, 1.82) is 0 Å². The van der Waals surface area contributed by atoms with Gasteiger partial charge < -0.3 is 16.0 Å². The lowest BCUT2D eigenvalue weighted by atomic mass is 9.79. The Morgan fingerprint density at radius 1 is 1.10 bits per heavy atom. The third-order valence-electron chi connectivity index (χ3n) is 6.54. The second-order valence-corrected chi connectivity index (χ2v) is 10.3. The first kappa shape index (κ1) is 20.1. The first-order chi connectivity index (χ1) is 13.5. The molecule has 8 heteroatoms. The molecule has 1 spiro atoms. The number of piperidine rings is 1. The van der Waals surface area contributed by atoms with E-state index in [0.29, 0.717) is 17.1 Å². The van der Waals surface area contributed by atoms with E-state index in [9.17, 15) is 15.0 Å². The molecule has 0 aromatic heterocycles. The molecule has 3 aliphatic rings. The summed E-state index contributed by atoms with van der Waals surface area (Å²) in [7, 11) is 0. The second-order valence-electron chi connectivity index (χ2n) is 10.3. The Morgan fingerprint density at radius 3 is 2.31 bits per heavy atom. The summed E-state index contributed by atoms with van der Waals surface area (Å²) < 4.78 is 1.06. The second kappa shape index (κ2) is 6.65. The van der Waals surface area contributed by atoms with E-state index in [2.05, 4.69) is 43.6 Å². The number of benzene rings is 1. The zero-order chi connectivity index (χ0) is 21.0. The van der Waals surface area contributed by atoms with Crippen LogP contribution in [0.2, 0.25) is 0 Å². The fourth-order valence-electron chi connectivity index (χ4n) is 5.78. The highest BCUT2D eigenvalue weighted by atomic mass is 16.6. The van der Waals surface area contributed by atoms with E-state index in [4.69, 9.17) is 0 Å². The molecule has 0 bridgehead atoms. The summed E-state index contributed by atoms with van der Waals surface area (Å²) in [5, 5.41) is 22.3. The van der Waals surface area contributed by atoms with E-state index in [1.54, 1.807) is 6.07 Å². The van der Waals surface area contributed by atoms with E-state index < -0.39 is 5.66 Å². The zero-order valence-electron chi connectivity index (χ0n) is 17.8. The van der Waals surface area contributed by atoms with Gasteiger partial charge in [0, 0.05) is 47.0 Å². The number of nitro groups is 1. The third kappa shape index (κ3) is 3.58. The Kier molecular flexibility index (Phi) is 4.60. The topological polar surface area (TPSA) is 99.3 Å². The van der Waals surface area contributed by atoms with Gasteiger partial charge in [0.25, 0.3) is 17.0 Å². The fraction of sp³-hybridized carbons (Fsp3) is 0.714. The lowest BCUT2D eigenvalue weighted by molar-refractivity contribution is -0.542. The molecule has 0 amide bonds. The van der Waals surface area contributed by atoms with Crippen LogP contribution in [0.15, 0.2) is 12.1 Å². The molecule has 0 atom stereocenters. The van der Waals surface area contributed by atoms with Gasteiger partial charge in [-0.1, -0.05) is 6.42 Å². The molecule has 2 heterocycles. The summed E-state index contributed by atoms with van der Waals surface area (Å²) >= 11 is 0. The molecular formula is C21H32N5O3+. The van der Waals surface area contributed by atoms with Crippen LogP contribution < -0.4 is 16.0 Å². The number of nitro benzene ring substituents is 1. The summed E-state index contributed by atoms with van der Waals surface area (Å²) in [6.07, 6.45) is 6.28. The van der Waals surface area contributed by atoms with Crippen molar-refractivity contribution in [3.8, 4) is 0 Å². The summed E-state index contributed by atoms with van der Waals surface area (Å²) in [5.74, 6) is 0. The molecule has 3 N–H and O–H groups in total. The molecule has 1 saturated heterocycles. The van der Waals surface area contributed by atoms with Crippen LogP contribution in [0.5, 0.6) is 0 Å². The van der Waals surface area contributed by atoms with E-state index in [-0.39, 0.29) is 27.7 Å². The zero-order valence-corrected chi connectivity index (χ0v) is 17.8. The Labute approximate surface area is 171 Å². The molecule has 1 aliphatic carbocycles. The normalized spacial score (nSPS) is 24.8. The van der Waals surface area contributed by atoms with Crippen molar-refractivity contribution in [2.45, 2.75) is 95.4 Å². The SMILES string of the molecule is CC1(C)CC(Nc2c([N+](=O)[O-])ccc3c2NC2(CCCCC2)[N+]3=O)CC(C)(C)N1. The summed E-state index contributed by atoms with van der Waals surface area (Å²) in [5.41, 5.74) is 0.723. The highest BCUT2D eigenvalue weighted by Crippen LogP contribution is 2.51. The molecule has 29 heavy (non-hydrogen) atoms. The average molecular weight is 403 g/mol. The van der Waals surface area contributed by atoms with Crippen molar-refractivity contribution >= 4 is 22.7 Å². The van der Waals surface area contributed by atoms with Gasteiger partial charge in [-0.05, 0) is 53.4 Å². The van der Waals surface area contributed by atoms with E-state index in [1.165, 1.54) is 6.07 Å². The molecule has 0 radical (unpaired) electrons. The summed E-state index contributed by atoms with van der Waals surface area (Å²) in [6.45, 7) is 8.62. The first-order valence-electron chi connectivity index (χ1n) is 10.6. The predicted octanol–water partition coefficient (Wildman–Crippen LogP) is 4.81. The lowest BCUT2D eigenvalue weighted by Gasteiger charge is -2.46. The molecule has 2 aliphatic heterocycles. The maximum absolute atomic E-state index is 13.2. The minimum atomic E-state index is -0.668. The molecule has 8 nitrogen and oxygen atoms in total. The van der Waals surface area contributed by atoms with Gasteiger partial charge in [-0.3, -0.25) is 10.1 Å². The molecule has 2 fully saturated rings. The number of hydrogen-bond acceptors (Lipinski definition) is 6. The first-order valence-corrected chi connectivity index (χ1v) is 10.6. The standard InChI is InChI=1S/C21H32N5O3/c1-19(2)12-14(13-20(3,4)24-19)22-17-16(26(28)29)9-8-15-18(17)23-21(25(15)27)10-6-5-7-11-21/h8-9,14,22-24H,5-7,10-13H2,1-4H3/q+1. The maximum atomic E-state index is 13.2. The molecule has 158 valence electrons. The quantitative estimate of drug-likeness (QED) is 0.381. The molecule has 1 aromatic carbocycles. The maximum Gasteiger partial charge on any atom is 0.294 e. The van der Waals surface area contributed by atoms with Gasteiger partial charge in [-0.2, -0.15) is 0 Å². The smallest absolute Gasteiger partial charge is 0.294 e. The molecular weight excluding hydrogens is 370 g/mol. The largest absolute Gasteiger partial charge is 0.375 e. The Bertz CT molecular complexity index is 842. The van der Waals surface area contributed by atoms with Gasteiger partial charge in [0.2, 0.25) is 0 Å². The van der Waals surface area contributed by atoms with Crippen molar-refractivity contribution in [2.24, 2.45) is 0 Å². The van der Waals surface area contributed by atoms with Gasteiger partial charge in [0.15, 0.2) is 0 Å². The number of anilines is 2. The van der Waals surface area contributed by atoms with Crippen molar-refractivity contribution in [1.82, 2.24) is 5.32 Å². The van der Waals surface area contributed by atoms with Gasteiger partial charge in [0.05, 0.1) is 9.68 Å². The van der Waals surface area contributed by atoms with Crippen molar-refractivity contribution in [3.63, 3.8) is 0 Å². The van der Waals surface area contributed by atoms with E-state index >= 15 is 0 Å². The van der Waals surface area contributed by atoms with Crippen LogP contribution in [0.3, 0.4) is 0 Å². The fourth-order valence-corrected chi connectivity index (χ4v) is 5.78. The van der Waals surface area contributed by atoms with Gasteiger partial charge in [-0.25, -0.2) is 0 Å². The minimum absolute atomic E-state index is 0.0201. The average Bonchev–Trinajstić information content (AvgIpc) is 2.85. The van der Waals surface area contributed by atoms with Gasteiger partial charge in [-0.15, -0.1) is 0 Å². The van der Waals surface area contributed by atoms with Gasteiger partial charge >= 0.3 is 0 Å². The summed E-state index contributed by atoms with van der Waals surface area (Å²) in [6, 6.07) is 3.13. The number of rotatable bonds is 3. The van der Waals surface area contributed by atoms with Crippen LogP contribution in [0.25, 0.3) is 0 Å². The molecule has 1 saturated carbocycles. The number of nitrogens with zero attached hydrogens (tertiary/aromatic N) is 2. The minimum Gasteiger partial charge on any atom is -0.375 e. The van der Waals surface area contributed by atoms with Gasteiger partial charge in [0.1, 0.15) is 11.4 Å². The number of nitroso groups, excluding NO2 is 1. The monoisotopic (exact) mass is 402 g/mol. The van der Waals surface area contributed by atoms with Crippen LogP contribution in [0.1, 0.15) is 72.6 Å². The number of hydrogen-bond donors (Lipinski definition) is 3. The van der Waals surface area contributed by atoms with Crippen LogP contribution in [-0.2, 0) is 0 Å². The van der Waals surface area contributed by atoms with Crippen molar-refractivity contribution in [3.05, 3.63) is 27.2 Å². The van der Waals surface area contributed by atoms with E-state index in [1.807, 2.05) is 0 Å². The molecule has 0 unspecified atom stereocenters.